The highest BCUT2D eigenvalue weighted by molar-refractivity contribution is 5.92. The van der Waals surface area contributed by atoms with Crippen LogP contribution in [-0.2, 0) is 16.6 Å². The number of morpholine rings is 1. The Hall–Kier alpha value is -2.51. The molecule has 0 bridgehead atoms. The van der Waals surface area contributed by atoms with Gasteiger partial charge in [0.1, 0.15) is 5.82 Å². The Morgan fingerprint density at radius 1 is 1.29 bits per heavy atom. The largest absolute Gasteiger partial charge is 0.379 e. The minimum Gasteiger partial charge on any atom is -0.379 e. The first-order chi connectivity index (χ1) is 13.5. The van der Waals surface area contributed by atoms with Crippen molar-refractivity contribution < 1.29 is 13.9 Å². The predicted molar refractivity (Wildman–Crippen MR) is 106 cm³/mol. The van der Waals surface area contributed by atoms with Crippen LogP contribution in [0.2, 0.25) is 0 Å². The van der Waals surface area contributed by atoms with Gasteiger partial charge in [0, 0.05) is 44.0 Å². The van der Waals surface area contributed by atoms with Crippen molar-refractivity contribution in [3.63, 3.8) is 0 Å². The van der Waals surface area contributed by atoms with Crippen molar-refractivity contribution in [2.75, 3.05) is 32.8 Å². The molecule has 1 aromatic heterocycles. The zero-order valence-corrected chi connectivity index (χ0v) is 16.6. The molecule has 1 unspecified atom stereocenters. The van der Waals surface area contributed by atoms with Crippen LogP contribution in [0.25, 0.3) is 6.08 Å². The third-order valence-electron chi connectivity index (χ3n) is 5.18. The number of aromatic nitrogens is 2. The fraction of sp³-hybridized carbons (Fsp3) is 0.429. The van der Waals surface area contributed by atoms with E-state index in [0.717, 1.165) is 35.6 Å². The van der Waals surface area contributed by atoms with Gasteiger partial charge in [0.25, 0.3) is 0 Å². The van der Waals surface area contributed by atoms with Gasteiger partial charge < -0.3 is 10.1 Å². The molecule has 1 amide bonds. The fourth-order valence-corrected chi connectivity index (χ4v) is 3.48. The minimum absolute atomic E-state index is 0.0243. The Labute approximate surface area is 165 Å². The molecule has 0 saturated carbocycles. The molecule has 0 radical (unpaired) electrons. The Kier molecular flexibility index (Phi) is 6.59. The molecule has 2 aromatic rings. The maximum atomic E-state index is 13.3. The molecule has 1 aliphatic heterocycles. The van der Waals surface area contributed by atoms with E-state index in [9.17, 15) is 9.18 Å². The Balaban J connectivity index is 1.67. The molecule has 6 nitrogen and oxygen atoms in total. The summed E-state index contributed by atoms with van der Waals surface area (Å²) in [6.07, 6.45) is 3.34. The van der Waals surface area contributed by atoms with Gasteiger partial charge in [-0.05, 0) is 37.6 Å². The molecule has 3 rings (SSSR count). The molecule has 0 spiro atoms. The summed E-state index contributed by atoms with van der Waals surface area (Å²) >= 11 is 0. The average Bonchev–Trinajstić information content (AvgIpc) is 2.94. The number of nitrogens with one attached hydrogen (secondary N) is 1. The highest BCUT2D eigenvalue weighted by atomic mass is 19.1. The first-order valence-corrected chi connectivity index (χ1v) is 9.49. The predicted octanol–water partition coefficient (Wildman–Crippen LogP) is 2.38. The molecule has 1 fully saturated rings. The van der Waals surface area contributed by atoms with Gasteiger partial charge in [0.05, 0.1) is 24.9 Å². The van der Waals surface area contributed by atoms with Crippen LogP contribution in [0, 0.1) is 19.7 Å². The van der Waals surface area contributed by atoms with E-state index in [-0.39, 0.29) is 17.8 Å². The summed E-state index contributed by atoms with van der Waals surface area (Å²) in [5.74, 6) is -0.429. The van der Waals surface area contributed by atoms with E-state index in [1.807, 2.05) is 20.9 Å². The summed E-state index contributed by atoms with van der Waals surface area (Å²) in [5, 5.41) is 7.34. The second-order valence-electron chi connectivity index (χ2n) is 7.00. The van der Waals surface area contributed by atoms with Gasteiger partial charge in [-0.2, -0.15) is 5.10 Å². The van der Waals surface area contributed by atoms with E-state index in [0.29, 0.717) is 19.8 Å². The molecule has 7 heteroatoms. The highest BCUT2D eigenvalue weighted by Crippen LogP contribution is 2.22. The lowest BCUT2D eigenvalue weighted by Crippen LogP contribution is -2.43. The highest BCUT2D eigenvalue weighted by Gasteiger charge is 2.23. The number of benzene rings is 1. The van der Waals surface area contributed by atoms with E-state index in [2.05, 4.69) is 15.3 Å². The van der Waals surface area contributed by atoms with Crippen LogP contribution in [0.4, 0.5) is 4.39 Å². The van der Waals surface area contributed by atoms with Crippen molar-refractivity contribution in [1.29, 1.82) is 0 Å². The van der Waals surface area contributed by atoms with Crippen LogP contribution in [0.5, 0.6) is 0 Å². The Bertz CT molecular complexity index is 839. The van der Waals surface area contributed by atoms with E-state index in [4.69, 9.17) is 4.74 Å². The number of carbonyl (C=O) groups is 1. The third kappa shape index (κ3) is 4.85. The summed E-state index contributed by atoms with van der Waals surface area (Å²) in [6.45, 7) is 7.22. The smallest absolute Gasteiger partial charge is 0.244 e. The molecule has 1 aromatic carbocycles. The molecular weight excluding hydrogens is 359 g/mol. The van der Waals surface area contributed by atoms with Crippen molar-refractivity contribution in [1.82, 2.24) is 20.0 Å². The van der Waals surface area contributed by atoms with Gasteiger partial charge in [-0.3, -0.25) is 14.4 Å². The molecular formula is C21H27FN4O2. The quantitative estimate of drug-likeness (QED) is 0.775. The van der Waals surface area contributed by atoms with Gasteiger partial charge in [-0.1, -0.05) is 12.1 Å². The second-order valence-corrected chi connectivity index (χ2v) is 7.00. The summed E-state index contributed by atoms with van der Waals surface area (Å²) in [4.78, 5) is 14.7. The van der Waals surface area contributed by atoms with Crippen LogP contribution >= 0.6 is 0 Å². The zero-order valence-electron chi connectivity index (χ0n) is 16.6. The molecule has 28 heavy (non-hydrogen) atoms. The standard InChI is InChI=1S/C21H27FN4O2/c1-15-19(16(2)25(3)24-15)8-9-21(27)23-14-20(26-10-12-28-13-11-26)17-4-6-18(22)7-5-17/h4-9,20H,10-14H2,1-3H3,(H,23,27). The SMILES string of the molecule is Cc1nn(C)c(C)c1C=CC(=O)NCC(c1ccc(F)cc1)N1CCOCC1. The van der Waals surface area contributed by atoms with Gasteiger partial charge in [0.15, 0.2) is 0 Å². The number of amides is 1. The minimum atomic E-state index is -0.265. The number of halogens is 1. The summed E-state index contributed by atoms with van der Waals surface area (Å²) < 4.78 is 20.6. The first-order valence-electron chi connectivity index (χ1n) is 9.49. The number of hydrogen-bond acceptors (Lipinski definition) is 4. The molecule has 0 aliphatic carbocycles. The van der Waals surface area contributed by atoms with Crippen molar-refractivity contribution in [2.24, 2.45) is 7.05 Å². The van der Waals surface area contributed by atoms with Gasteiger partial charge in [0.2, 0.25) is 5.91 Å². The number of ether oxygens (including phenoxy) is 1. The van der Waals surface area contributed by atoms with Crippen molar-refractivity contribution in [3.8, 4) is 0 Å². The first kappa shape index (κ1) is 20.2. The zero-order chi connectivity index (χ0) is 20.1. The Morgan fingerprint density at radius 3 is 2.57 bits per heavy atom. The van der Waals surface area contributed by atoms with Crippen LogP contribution in [0.15, 0.2) is 30.3 Å². The molecule has 150 valence electrons. The second kappa shape index (κ2) is 9.12. The molecule has 1 atom stereocenters. The lowest BCUT2D eigenvalue weighted by Gasteiger charge is -2.34. The van der Waals surface area contributed by atoms with Gasteiger partial charge in [-0.25, -0.2) is 4.39 Å². The Morgan fingerprint density at radius 2 is 1.96 bits per heavy atom. The number of rotatable bonds is 6. The summed E-state index contributed by atoms with van der Waals surface area (Å²) in [7, 11) is 1.88. The topological polar surface area (TPSA) is 59.4 Å². The number of hydrogen-bond donors (Lipinski definition) is 1. The third-order valence-corrected chi connectivity index (χ3v) is 5.18. The van der Waals surface area contributed by atoms with Crippen LogP contribution in [0.3, 0.4) is 0 Å². The number of aryl methyl sites for hydroxylation is 2. The lowest BCUT2D eigenvalue weighted by atomic mass is 10.0. The maximum absolute atomic E-state index is 13.3. The molecule has 1 aliphatic rings. The molecule has 1 saturated heterocycles. The summed E-state index contributed by atoms with van der Waals surface area (Å²) in [5.41, 5.74) is 3.84. The van der Waals surface area contributed by atoms with E-state index < -0.39 is 0 Å². The average molecular weight is 386 g/mol. The normalized spacial score (nSPS) is 16.4. The van der Waals surface area contributed by atoms with E-state index in [1.54, 1.807) is 22.9 Å². The fourth-order valence-electron chi connectivity index (χ4n) is 3.48. The van der Waals surface area contributed by atoms with Crippen LogP contribution < -0.4 is 5.32 Å². The molecule has 1 N–H and O–H groups in total. The number of nitrogens with zero attached hydrogens (tertiary/aromatic N) is 3. The van der Waals surface area contributed by atoms with E-state index in [1.165, 1.54) is 18.2 Å². The van der Waals surface area contributed by atoms with Gasteiger partial charge >= 0.3 is 0 Å². The van der Waals surface area contributed by atoms with Crippen molar-refractivity contribution in [3.05, 3.63) is 58.7 Å². The van der Waals surface area contributed by atoms with Gasteiger partial charge in [-0.15, -0.1) is 0 Å². The van der Waals surface area contributed by atoms with Crippen molar-refractivity contribution >= 4 is 12.0 Å². The maximum Gasteiger partial charge on any atom is 0.244 e. The summed E-state index contributed by atoms with van der Waals surface area (Å²) in [6, 6.07) is 6.44. The lowest BCUT2D eigenvalue weighted by molar-refractivity contribution is -0.116. The monoisotopic (exact) mass is 386 g/mol. The van der Waals surface area contributed by atoms with Crippen molar-refractivity contribution in [2.45, 2.75) is 19.9 Å². The van der Waals surface area contributed by atoms with Crippen LogP contribution in [0.1, 0.15) is 28.6 Å². The van der Waals surface area contributed by atoms with E-state index >= 15 is 0 Å². The van der Waals surface area contributed by atoms with Crippen LogP contribution in [-0.4, -0.2) is 53.4 Å². The number of carbonyl (C=O) groups excluding carboxylic acids is 1. The molecule has 2 heterocycles.